The normalized spacial score (nSPS) is 25.5. The zero-order valence-corrected chi connectivity index (χ0v) is 11.1. The summed E-state index contributed by atoms with van der Waals surface area (Å²) in [6.45, 7) is 1.87. The first-order valence-corrected chi connectivity index (χ1v) is 7.42. The van der Waals surface area contributed by atoms with Gasteiger partial charge in [-0.3, -0.25) is 0 Å². The Morgan fingerprint density at radius 3 is 2.63 bits per heavy atom. The van der Waals surface area contributed by atoms with Crippen LogP contribution < -0.4 is 0 Å². The van der Waals surface area contributed by atoms with Crippen molar-refractivity contribution in [2.45, 2.75) is 30.4 Å². The molecule has 0 aromatic heterocycles. The largest absolute Gasteiger partial charge is 0.442 e. The van der Waals surface area contributed by atoms with Crippen molar-refractivity contribution in [2.75, 3.05) is 0 Å². The summed E-state index contributed by atoms with van der Waals surface area (Å²) in [5, 5.41) is 0. The van der Waals surface area contributed by atoms with E-state index in [0.717, 1.165) is 9.87 Å². The maximum atomic E-state index is 12.5. The lowest BCUT2D eigenvalue weighted by Crippen LogP contribution is -2.38. The van der Waals surface area contributed by atoms with Gasteiger partial charge in [-0.25, -0.2) is 13.2 Å². The first-order chi connectivity index (χ1) is 9.00. The minimum Gasteiger partial charge on any atom is -0.442 e. The Hall–Kier alpha value is -1.82. The molecular formula is C13H13NO4S. The van der Waals surface area contributed by atoms with Gasteiger partial charge in [-0.05, 0) is 19.1 Å². The van der Waals surface area contributed by atoms with E-state index in [4.69, 9.17) is 4.74 Å². The van der Waals surface area contributed by atoms with Crippen molar-refractivity contribution in [3.05, 3.63) is 42.0 Å². The molecule has 1 aliphatic heterocycles. The number of sulfonamides is 1. The Morgan fingerprint density at radius 2 is 1.95 bits per heavy atom. The second-order valence-corrected chi connectivity index (χ2v) is 6.51. The summed E-state index contributed by atoms with van der Waals surface area (Å²) in [6.07, 6.45) is 2.93. The molecule has 1 fully saturated rings. The molecule has 1 aliphatic carbocycles. The highest BCUT2D eigenvalue weighted by molar-refractivity contribution is 7.89. The summed E-state index contributed by atoms with van der Waals surface area (Å²) in [5.41, 5.74) is 0.960. The van der Waals surface area contributed by atoms with Gasteiger partial charge in [0.25, 0.3) is 10.0 Å². The average Bonchev–Trinajstić information content (AvgIpc) is 2.88. The standard InChI is InChI=1S/C13H13NO4S/c1-9-5-7-10(8-6-9)19(16,17)14-11-3-2-4-12(11)18-13(14)15/h2-3,5-8,11-12H,4H2,1H3/t11-,12+/m0/s1. The molecule has 19 heavy (non-hydrogen) atoms. The zero-order valence-electron chi connectivity index (χ0n) is 10.3. The Bertz CT molecular complexity index is 648. The van der Waals surface area contributed by atoms with E-state index in [0.29, 0.717) is 6.42 Å². The van der Waals surface area contributed by atoms with Crippen LogP contribution in [0.2, 0.25) is 0 Å². The van der Waals surface area contributed by atoms with E-state index in [1.165, 1.54) is 12.1 Å². The molecule has 5 nitrogen and oxygen atoms in total. The van der Waals surface area contributed by atoms with Crippen LogP contribution in [0.5, 0.6) is 0 Å². The van der Waals surface area contributed by atoms with Crippen molar-refractivity contribution < 1.29 is 17.9 Å². The fourth-order valence-electron chi connectivity index (χ4n) is 2.35. The van der Waals surface area contributed by atoms with Crippen molar-refractivity contribution in [3.8, 4) is 0 Å². The van der Waals surface area contributed by atoms with E-state index in [1.807, 2.05) is 13.0 Å². The lowest BCUT2D eigenvalue weighted by molar-refractivity contribution is 0.137. The fourth-order valence-corrected chi connectivity index (χ4v) is 3.82. The first kappa shape index (κ1) is 12.2. The molecule has 2 atom stereocenters. The molecule has 1 aromatic rings. The number of benzene rings is 1. The molecule has 3 rings (SSSR count). The third kappa shape index (κ3) is 1.83. The zero-order chi connectivity index (χ0) is 13.6. The second-order valence-electron chi connectivity index (χ2n) is 4.69. The molecule has 1 heterocycles. The van der Waals surface area contributed by atoms with Crippen LogP contribution in [0.1, 0.15) is 12.0 Å². The maximum Gasteiger partial charge on any atom is 0.424 e. The maximum absolute atomic E-state index is 12.5. The summed E-state index contributed by atoms with van der Waals surface area (Å²) >= 11 is 0. The Morgan fingerprint density at radius 1 is 1.26 bits per heavy atom. The SMILES string of the molecule is Cc1ccc(S(=O)(=O)N2C(=O)O[C@@H]3CC=C[C@@H]32)cc1. The van der Waals surface area contributed by atoms with Crippen molar-refractivity contribution in [1.82, 2.24) is 4.31 Å². The molecule has 0 spiro atoms. The van der Waals surface area contributed by atoms with Crippen LogP contribution in [0.15, 0.2) is 41.3 Å². The number of hydrogen-bond acceptors (Lipinski definition) is 4. The summed E-state index contributed by atoms with van der Waals surface area (Å²) in [4.78, 5) is 11.9. The van der Waals surface area contributed by atoms with Crippen molar-refractivity contribution in [1.29, 1.82) is 0 Å². The number of ether oxygens (including phenoxy) is 1. The van der Waals surface area contributed by atoms with E-state index >= 15 is 0 Å². The number of carbonyl (C=O) groups is 1. The quantitative estimate of drug-likeness (QED) is 0.775. The topological polar surface area (TPSA) is 63.7 Å². The molecule has 0 saturated carbocycles. The Kier molecular flexibility index (Phi) is 2.63. The molecule has 0 bridgehead atoms. The first-order valence-electron chi connectivity index (χ1n) is 5.98. The van der Waals surface area contributed by atoms with Crippen LogP contribution in [0.4, 0.5) is 4.79 Å². The summed E-state index contributed by atoms with van der Waals surface area (Å²) in [6, 6.07) is 5.90. The summed E-state index contributed by atoms with van der Waals surface area (Å²) in [7, 11) is -3.85. The van der Waals surface area contributed by atoms with Crippen molar-refractivity contribution in [3.63, 3.8) is 0 Å². The molecule has 1 amide bonds. The molecule has 1 aromatic carbocycles. The number of rotatable bonds is 2. The van der Waals surface area contributed by atoms with Crippen molar-refractivity contribution in [2.24, 2.45) is 0 Å². The van der Waals surface area contributed by atoms with E-state index < -0.39 is 22.2 Å². The van der Waals surface area contributed by atoms with Gasteiger partial charge in [0.2, 0.25) is 0 Å². The van der Waals surface area contributed by atoms with Gasteiger partial charge in [-0.15, -0.1) is 0 Å². The van der Waals surface area contributed by atoms with Crippen LogP contribution in [-0.4, -0.2) is 31.0 Å². The number of carbonyl (C=O) groups excluding carboxylic acids is 1. The molecule has 100 valence electrons. The van der Waals surface area contributed by atoms with Crippen LogP contribution in [0.25, 0.3) is 0 Å². The van der Waals surface area contributed by atoms with Crippen LogP contribution in [0, 0.1) is 6.92 Å². The third-order valence-electron chi connectivity index (χ3n) is 3.36. The van der Waals surface area contributed by atoms with Gasteiger partial charge < -0.3 is 4.74 Å². The molecule has 0 N–H and O–H groups in total. The fraction of sp³-hybridized carbons (Fsp3) is 0.308. The van der Waals surface area contributed by atoms with Crippen LogP contribution in [-0.2, 0) is 14.8 Å². The monoisotopic (exact) mass is 279 g/mol. The number of nitrogens with zero attached hydrogens (tertiary/aromatic N) is 1. The van der Waals surface area contributed by atoms with Gasteiger partial charge in [0.05, 0.1) is 4.90 Å². The molecule has 2 aliphatic rings. The van der Waals surface area contributed by atoms with Gasteiger partial charge in [-0.1, -0.05) is 29.8 Å². The van der Waals surface area contributed by atoms with Crippen LogP contribution >= 0.6 is 0 Å². The molecule has 6 heteroatoms. The highest BCUT2D eigenvalue weighted by atomic mass is 32.2. The molecule has 1 saturated heterocycles. The lowest BCUT2D eigenvalue weighted by Gasteiger charge is -2.18. The molecule has 0 radical (unpaired) electrons. The number of hydrogen-bond donors (Lipinski definition) is 0. The smallest absolute Gasteiger partial charge is 0.424 e. The Labute approximate surface area is 111 Å². The van der Waals surface area contributed by atoms with Gasteiger partial charge in [0.15, 0.2) is 0 Å². The van der Waals surface area contributed by atoms with Crippen molar-refractivity contribution >= 4 is 16.1 Å². The van der Waals surface area contributed by atoms with E-state index in [-0.39, 0.29) is 11.0 Å². The van der Waals surface area contributed by atoms with Gasteiger partial charge in [-0.2, -0.15) is 4.31 Å². The second kappa shape index (κ2) is 4.09. The van der Waals surface area contributed by atoms with Gasteiger partial charge in [0, 0.05) is 6.42 Å². The lowest BCUT2D eigenvalue weighted by atomic mass is 10.2. The average molecular weight is 279 g/mol. The van der Waals surface area contributed by atoms with E-state index in [1.54, 1.807) is 18.2 Å². The molecule has 0 unspecified atom stereocenters. The number of fused-ring (bicyclic) bond motifs is 1. The summed E-state index contributed by atoms with van der Waals surface area (Å²) < 4.78 is 30.9. The van der Waals surface area contributed by atoms with E-state index in [9.17, 15) is 13.2 Å². The van der Waals surface area contributed by atoms with Gasteiger partial charge in [0.1, 0.15) is 12.1 Å². The predicted octanol–water partition coefficient (Wildman–Crippen LogP) is 1.83. The summed E-state index contributed by atoms with van der Waals surface area (Å²) in [5.74, 6) is 0. The predicted molar refractivity (Wildman–Crippen MR) is 68.0 cm³/mol. The van der Waals surface area contributed by atoms with Gasteiger partial charge >= 0.3 is 6.09 Å². The number of amides is 1. The third-order valence-corrected chi connectivity index (χ3v) is 5.14. The highest BCUT2D eigenvalue weighted by Crippen LogP contribution is 2.33. The highest BCUT2D eigenvalue weighted by Gasteiger charge is 2.48. The Balaban J connectivity index is 2.02. The van der Waals surface area contributed by atoms with E-state index in [2.05, 4.69) is 0 Å². The minimum absolute atomic E-state index is 0.107. The number of aryl methyl sites for hydroxylation is 1. The minimum atomic E-state index is -3.85. The molecular weight excluding hydrogens is 266 g/mol. The van der Waals surface area contributed by atoms with Crippen LogP contribution in [0.3, 0.4) is 0 Å².